The van der Waals surface area contributed by atoms with E-state index in [2.05, 4.69) is 17.8 Å². The second-order valence-corrected chi connectivity index (χ2v) is 2.79. The first-order valence-corrected chi connectivity index (χ1v) is 4.25. The van der Waals surface area contributed by atoms with Crippen LogP contribution < -0.4 is 0 Å². The van der Waals surface area contributed by atoms with Crippen LogP contribution in [0.3, 0.4) is 0 Å². The van der Waals surface area contributed by atoms with Gasteiger partial charge in [0.1, 0.15) is 5.75 Å². The van der Waals surface area contributed by atoms with Gasteiger partial charge in [0.05, 0.1) is 0 Å². The largest absolute Gasteiger partial charge is 0.508 e. The standard InChI is InChI=1S/C8H10O.C5H4/c1-6-3-4-8(9)5-7(6)2;1-3-5-4-2/h3-5,9H,1-2H3;1H,2H3. The molecule has 0 saturated heterocycles. The van der Waals surface area contributed by atoms with E-state index in [1.54, 1.807) is 19.1 Å². The molecule has 1 heteroatoms. The molecule has 0 atom stereocenters. The molecule has 0 aliphatic rings. The number of hydrogen-bond donors (Lipinski definition) is 1. The molecule has 0 amide bonds. The second kappa shape index (κ2) is 6.63. The van der Waals surface area contributed by atoms with Crippen LogP contribution in [0.5, 0.6) is 5.75 Å². The third-order valence-corrected chi connectivity index (χ3v) is 1.69. The lowest BCUT2D eigenvalue weighted by molar-refractivity contribution is 0.474. The monoisotopic (exact) mass is 186 g/mol. The lowest BCUT2D eigenvalue weighted by Gasteiger charge is -1.97. The fourth-order valence-corrected chi connectivity index (χ4v) is 0.798. The van der Waals surface area contributed by atoms with E-state index in [0.29, 0.717) is 5.75 Å². The zero-order chi connectivity index (χ0) is 11.0. The van der Waals surface area contributed by atoms with E-state index in [1.165, 1.54) is 5.56 Å². The lowest BCUT2D eigenvalue weighted by atomic mass is 10.1. The van der Waals surface area contributed by atoms with Gasteiger partial charge >= 0.3 is 0 Å². The summed E-state index contributed by atoms with van der Waals surface area (Å²) in [5.41, 5.74) is 2.35. The van der Waals surface area contributed by atoms with Gasteiger partial charge in [0.2, 0.25) is 0 Å². The fraction of sp³-hybridized carbons (Fsp3) is 0.231. The number of phenolic OH excluding ortho intramolecular Hbond substituents is 1. The molecule has 1 aromatic rings. The number of aromatic hydroxyl groups is 1. The van der Waals surface area contributed by atoms with E-state index in [9.17, 15) is 0 Å². The van der Waals surface area contributed by atoms with Crippen molar-refractivity contribution in [3.63, 3.8) is 0 Å². The van der Waals surface area contributed by atoms with Crippen LogP contribution in [0.4, 0.5) is 0 Å². The van der Waals surface area contributed by atoms with Gasteiger partial charge in [0, 0.05) is 0 Å². The average Bonchev–Trinajstić information content (AvgIpc) is 2.14. The van der Waals surface area contributed by atoms with Crippen LogP contribution in [0.1, 0.15) is 18.1 Å². The molecule has 1 nitrogen and oxygen atoms in total. The normalized spacial score (nSPS) is 7.29. The van der Waals surface area contributed by atoms with Gasteiger partial charge < -0.3 is 5.11 Å². The van der Waals surface area contributed by atoms with Crippen LogP contribution in [0.2, 0.25) is 0 Å². The van der Waals surface area contributed by atoms with Crippen molar-refractivity contribution in [3.8, 4) is 29.9 Å². The number of benzene rings is 1. The van der Waals surface area contributed by atoms with Crippen molar-refractivity contribution < 1.29 is 5.11 Å². The Kier molecular flexibility index (Phi) is 5.75. The van der Waals surface area contributed by atoms with E-state index in [0.717, 1.165) is 5.56 Å². The van der Waals surface area contributed by atoms with Gasteiger partial charge in [-0.05, 0) is 55.9 Å². The quantitative estimate of drug-likeness (QED) is 0.617. The molecule has 0 radical (unpaired) electrons. The van der Waals surface area contributed by atoms with E-state index >= 15 is 0 Å². The molecule has 0 fully saturated rings. The molecule has 0 unspecified atom stereocenters. The van der Waals surface area contributed by atoms with Crippen molar-refractivity contribution in [2.45, 2.75) is 20.8 Å². The SMILES string of the molecule is C#CC#CC.Cc1ccc(O)cc1C. The molecule has 1 aromatic carbocycles. The summed E-state index contributed by atoms with van der Waals surface area (Å²) in [5.74, 6) is 7.42. The molecule has 0 heterocycles. The van der Waals surface area contributed by atoms with Crippen molar-refractivity contribution >= 4 is 0 Å². The lowest BCUT2D eigenvalue weighted by Crippen LogP contribution is -1.76. The second-order valence-electron chi connectivity index (χ2n) is 2.79. The fourth-order valence-electron chi connectivity index (χ4n) is 0.798. The molecular formula is C13H14O. The van der Waals surface area contributed by atoms with Crippen LogP contribution >= 0.6 is 0 Å². The molecule has 0 saturated carbocycles. The summed E-state index contributed by atoms with van der Waals surface area (Å²) < 4.78 is 0. The zero-order valence-electron chi connectivity index (χ0n) is 8.76. The van der Waals surface area contributed by atoms with Crippen LogP contribution in [-0.2, 0) is 0 Å². The molecule has 0 aromatic heterocycles. The highest BCUT2D eigenvalue weighted by Gasteiger charge is 1.90. The molecule has 0 bridgehead atoms. The minimum absolute atomic E-state index is 0.345. The van der Waals surface area contributed by atoms with Gasteiger partial charge in [-0.2, -0.15) is 0 Å². The van der Waals surface area contributed by atoms with Crippen molar-refractivity contribution in [2.24, 2.45) is 0 Å². The van der Waals surface area contributed by atoms with Crippen molar-refractivity contribution in [1.29, 1.82) is 0 Å². The molecule has 0 aliphatic heterocycles. The summed E-state index contributed by atoms with van der Waals surface area (Å²) in [6.45, 7) is 5.71. The van der Waals surface area contributed by atoms with E-state index in [1.807, 2.05) is 19.9 Å². The summed E-state index contributed by atoms with van der Waals surface area (Å²) in [5, 5.41) is 8.94. The Morgan fingerprint density at radius 2 is 1.86 bits per heavy atom. The first-order valence-electron chi connectivity index (χ1n) is 4.25. The van der Waals surface area contributed by atoms with E-state index in [-0.39, 0.29) is 0 Å². The van der Waals surface area contributed by atoms with Gasteiger partial charge in [0.25, 0.3) is 0 Å². The van der Waals surface area contributed by atoms with Gasteiger partial charge in [-0.3, -0.25) is 0 Å². The Morgan fingerprint density at radius 3 is 2.14 bits per heavy atom. The van der Waals surface area contributed by atoms with Crippen molar-refractivity contribution in [2.75, 3.05) is 0 Å². The van der Waals surface area contributed by atoms with Crippen LogP contribution in [0, 0.1) is 38.0 Å². The van der Waals surface area contributed by atoms with E-state index < -0.39 is 0 Å². The maximum absolute atomic E-state index is 8.94. The Balaban J connectivity index is 0.000000292. The first kappa shape index (κ1) is 12.1. The first-order chi connectivity index (χ1) is 6.61. The number of hydrogen-bond acceptors (Lipinski definition) is 1. The highest BCUT2D eigenvalue weighted by Crippen LogP contribution is 2.13. The van der Waals surface area contributed by atoms with E-state index in [4.69, 9.17) is 11.5 Å². The molecule has 1 rings (SSSR count). The van der Waals surface area contributed by atoms with Crippen molar-refractivity contribution in [1.82, 2.24) is 0 Å². The van der Waals surface area contributed by atoms with Gasteiger partial charge in [-0.25, -0.2) is 0 Å². The number of rotatable bonds is 0. The maximum atomic E-state index is 8.94. The summed E-state index contributed by atoms with van der Waals surface area (Å²) >= 11 is 0. The van der Waals surface area contributed by atoms with Gasteiger partial charge in [-0.1, -0.05) is 12.0 Å². The van der Waals surface area contributed by atoms with Crippen LogP contribution in [0.15, 0.2) is 18.2 Å². The van der Waals surface area contributed by atoms with Crippen LogP contribution in [-0.4, -0.2) is 5.11 Å². The predicted molar refractivity (Wildman–Crippen MR) is 59.9 cm³/mol. The highest BCUT2D eigenvalue weighted by atomic mass is 16.3. The third-order valence-electron chi connectivity index (χ3n) is 1.69. The molecule has 1 N–H and O–H groups in total. The molecule has 0 aliphatic carbocycles. The summed E-state index contributed by atoms with van der Waals surface area (Å²) in [6.07, 6.45) is 4.72. The van der Waals surface area contributed by atoms with Gasteiger partial charge in [-0.15, -0.1) is 6.42 Å². The minimum Gasteiger partial charge on any atom is -0.508 e. The zero-order valence-corrected chi connectivity index (χ0v) is 8.76. The predicted octanol–water partition coefficient (Wildman–Crippen LogP) is 2.65. The molecule has 14 heavy (non-hydrogen) atoms. The number of terminal acetylenes is 1. The topological polar surface area (TPSA) is 20.2 Å². The molecule has 72 valence electrons. The average molecular weight is 186 g/mol. The molecular weight excluding hydrogens is 172 g/mol. The Hall–Kier alpha value is -1.86. The Bertz CT molecular complexity index is 386. The third kappa shape index (κ3) is 4.91. The number of aryl methyl sites for hydroxylation is 2. The summed E-state index contributed by atoms with van der Waals surface area (Å²) in [7, 11) is 0. The van der Waals surface area contributed by atoms with Gasteiger partial charge in [0.15, 0.2) is 0 Å². The molecule has 0 spiro atoms. The maximum Gasteiger partial charge on any atom is 0.115 e. The highest BCUT2D eigenvalue weighted by molar-refractivity contribution is 5.32. The summed E-state index contributed by atoms with van der Waals surface area (Å²) in [4.78, 5) is 0. The Labute approximate surface area is 85.8 Å². The smallest absolute Gasteiger partial charge is 0.115 e. The van der Waals surface area contributed by atoms with Crippen LogP contribution in [0.25, 0.3) is 0 Å². The Morgan fingerprint density at radius 1 is 1.21 bits per heavy atom. The van der Waals surface area contributed by atoms with Crippen molar-refractivity contribution in [3.05, 3.63) is 29.3 Å². The minimum atomic E-state index is 0.345. The summed E-state index contributed by atoms with van der Waals surface area (Å²) in [6, 6.07) is 5.36. The number of phenols is 1.